The molecule has 17 heavy (non-hydrogen) atoms. The molecule has 1 atom stereocenters. The smallest absolute Gasteiger partial charge is 0.317 e. The molecule has 100 valence electrons. The lowest BCUT2D eigenvalue weighted by Crippen LogP contribution is -2.47. The summed E-state index contributed by atoms with van der Waals surface area (Å²) in [5.41, 5.74) is 0. The number of amides is 2. The van der Waals surface area contributed by atoms with Crippen LogP contribution in [0.25, 0.3) is 0 Å². The van der Waals surface area contributed by atoms with Crippen molar-refractivity contribution in [2.45, 2.75) is 59.0 Å². The number of carboxylic acids is 1. The van der Waals surface area contributed by atoms with Gasteiger partial charge in [0.25, 0.3) is 0 Å². The highest BCUT2D eigenvalue weighted by molar-refractivity contribution is 5.74. The SMILES string of the molecule is CCC(C)NC(=O)N(CCCC(=O)O)C(C)C. The van der Waals surface area contributed by atoms with Crippen molar-refractivity contribution >= 4 is 12.0 Å². The standard InChI is InChI=1S/C12H24N2O3/c1-5-10(4)13-12(17)14(9(2)3)8-6-7-11(15)16/h9-10H,5-8H2,1-4H3,(H,13,17)(H,15,16). The van der Waals surface area contributed by atoms with Crippen molar-refractivity contribution in [1.29, 1.82) is 0 Å². The summed E-state index contributed by atoms with van der Waals surface area (Å²) in [6.45, 7) is 8.29. The summed E-state index contributed by atoms with van der Waals surface area (Å²) in [7, 11) is 0. The fraction of sp³-hybridized carbons (Fsp3) is 0.833. The highest BCUT2D eigenvalue weighted by Crippen LogP contribution is 2.03. The van der Waals surface area contributed by atoms with Crippen molar-refractivity contribution in [2.24, 2.45) is 0 Å². The van der Waals surface area contributed by atoms with Gasteiger partial charge in [-0.2, -0.15) is 0 Å². The first kappa shape index (κ1) is 15.7. The van der Waals surface area contributed by atoms with Gasteiger partial charge in [-0.3, -0.25) is 4.79 Å². The number of hydrogen-bond acceptors (Lipinski definition) is 2. The average Bonchev–Trinajstić information content (AvgIpc) is 2.22. The van der Waals surface area contributed by atoms with Gasteiger partial charge >= 0.3 is 12.0 Å². The van der Waals surface area contributed by atoms with E-state index in [1.807, 2.05) is 27.7 Å². The molecule has 0 aliphatic rings. The summed E-state index contributed by atoms with van der Waals surface area (Å²) in [6.07, 6.45) is 1.47. The minimum absolute atomic E-state index is 0.0767. The third kappa shape index (κ3) is 6.81. The molecule has 5 nitrogen and oxygen atoms in total. The molecule has 0 aliphatic heterocycles. The van der Waals surface area contributed by atoms with Gasteiger partial charge in [-0.05, 0) is 33.6 Å². The van der Waals surface area contributed by atoms with Gasteiger partial charge in [0.1, 0.15) is 0 Å². The van der Waals surface area contributed by atoms with Crippen LogP contribution >= 0.6 is 0 Å². The maximum atomic E-state index is 11.9. The van der Waals surface area contributed by atoms with Crippen LogP contribution in [0, 0.1) is 0 Å². The third-order valence-electron chi connectivity index (χ3n) is 2.66. The van der Waals surface area contributed by atoms with Crippen LogP contribution in [0.4, 0.5) is 4.79 Å². The summed E-state index contributed by atoms with van der Waals surface area (Å²) in [5.74, 6) is -0.823. The molecule has 0 rings (SSSR count). The molecule has 0 heterocycles. The van der Waals surface area contributed by atoms with Crippen LogP contribution in [0.1, 0.15) is 47.0 Å². The molecule has 2 amide bonds. The summed E-state index contributed by atoms with van der Waals surface area (Å²) < 4.78 is 0. The van der Waals surface area contributed by atoms with Crippen molar-refractivity contribution in [1.82, 2.24) is 10.2 Å². The van der Waals surface area contributed by atoms with E-state index in [1.165, 1.54) is 0 Å². The summed E-state index contributed by atoms with van der Waals surface area (Å²) >= 11 is 0. The molecule has 0 aromatic carbocycles. The van der Waals surface area contributed by atoms with Gasteiger partial charge in [0.2, 0.25) is 0 Å². The maximum Gasteiger partial charge on any atom is 0.317 e. The number of carboxylic acid groups (broad SMARTS) is 1. The second-order valence-electron chi connectivity index (χ2n) is 4.54. The Hall–Kier alpha value is -1.26. The Balaban J connectivity index is 4.22. The zero-order valence-corrected chi connectivity index (χ0v) is 11.2. The number of hydrogen-bond donors (Lipinski definition) is 2. The van der Waals surface area contributed by atoms with E-state index in [2.05, 4.69) is 5.32 Å². The fourth-order valence-electron chi connectivity index (χ4n) is 1.39. The molecule has 0 saturated carbocycles. The van der Waals surface area contributed by atoms with Gasteiger partial charge in [0.15, 0.2) is 0 Å². The Kier molecular flexibility index (Phi) is 7.34. The van der Waals surface area contributed by atoms with Crippen LogP contribution in [0.5, 0.6) is 0 Å². The average molecular weight is 244 g/mol. The Labute approximate surface area is 103 Å². The zero-order valence-electron chi connectivity index (χ0n) is 11.2. The first-order chi connectivity index (χ1) is 7.88. The lowest BCUT2D eigenvalue weighted by molar-refractivity contribution is -0.137. The third-order valence-corrected chi connectivity index (χ3v) is 2.66. The number of carbonyl (C=O) groups excluding carboxylic acids is 1. The molecular weight excluding hydrogens is 220 g/mol. The van der Waals surface area contributed by atoms with Crippen LogP contribution in [-0.2, 0) is 4.79 Å². The molecule has 0 aliphatic carbocycles. The summed E-state index contributed by atoms with van der Waals surface area (Å²) in [5, 5.41) is 11.5. The van der Waals surface area contributed by atoms with Crippen LogP contribution in [-0.4, -0.2) is 40.6 Å². The Morgan fingerprint density at radius 2 is 1.88 bits per heavy atom. The van der Waals surface area contributed by atoms with Crippen molar-refractivity contribution in [3.8, 4) is 0 Å². The molecule has 0 radical (unpaired) electrons. The summed E-state index contributed by atoms with van der Waals surface area (Å²) in [4.78, 5) is 24.0. The molecule has 0 aromatic heterocycles. The van der Waals surface area contributed by atoms with Crippen LogP contribution in [0.2, 0.25) is 0 Å². The minimum atomic E-state index is -0.823. The lowest BCUT2D eigenvalue weighted by atomic mass is 10.2. The zero-order chi connectivity index (χ0) is 13.4. The second kappa shape index (κ2) is 7.92. The van der Waals surface area contributed by atoms with Gasteiger partial charge < -0.3 is 15.3 Å². The Morgan fingerprint density at radius 3 is 2.29 bits per heavy atom. The number of aliphatic carboxylic acids is 1. The predicted octanol–water partition coefficient (Wildman–Crippen LogP) is 2.07. The van der Waals surface area contributed by atoms with Crippen molar-refractivity contribution in [3.05, 3.63) is 0 Å². The van der Waals surface area contributed by atoms with E-state index < -0.39 is 5.97 Å². The largest absolute Gasteiger partial charge is 0.481 e. The molecule has 0 spiro atoms. The second-order valence-corrected chi connectivity index (χ2v) is 4.54. The molecule has 1 unspecified atom stereocenters. The highest BCUT2D eigenvalue weighted by Gasteiger charge is 2.17. The fourth-order valence-corrected chi connectivity index (χ4v) is 1.39. The highest BCUT2D eigenvalue weighted by atomic mass is 16.4. The van der Waals surface area contributed by atoms with Gasteiger partial charge in [-0.1, -0.05) is 6.92 Å². The molecular formula is C12H24N2O3. The van der Waals surface area contributed by atoms with E-state index in [1.54, 1.807) is 4.90 Å². The predicted molar refractivity (Wildman–Crippen MR) is 67.0 cm³/mol. The molecule has 0 saturated heterocycles. The number of urea groups is 1. The van der Waals surface area contributed by atoms with Gasteiger partial charge in [-0.15, -0.1) is 0 Å². The topological polar surface area (TPSA) is 69.6 Å². The quantitative estimate of drug-likeness (QED) is 0.720. The normalized spacial score (nSPS) is 12.3. The van der Waals surface area contributed by atoms with Crippen molar-refractivity contribution in [2.75, 3.05) is 6.54 Å². The monoisotopic (exact) mass is 244 g/mol. The van der Waals surface area contributed by atoms with Crippen molar-refractivity contribution < 1.29 is 14.7 Å². The minimum Gasteiger partial charge on any atom is -0.481 e. The lowest BCUT2D eigenvalue weighted by Gasteiger charge is -2.28. The Bertz CT molecular complexity index is 254. The number of carbonyl (C=O) groups is 2. The molecule has 2 N–H and O–H groups in total. The van der Waals surface area contributed by atoms with Gasteiger partial charge in [0, 0.05) is 25.0 Å². The van der Waals surface area contributed by atoms with E-state index in [0.717, 1.165) is 6.42 Å². The maximum absolute atomic E-state index is 11.9. The van der Waals surface area contributed by atoms with Gasteiger partial charge in [0.05, 0.1) is 0 Å². The summed E-state index contributed by atoms with van der Waals surface area (Å²) in [6, 6.07) is 0.107. The number of nitrogens with one attached hydrogen (secondary N) is 1. The molecule has 0 aromatic rings. The molecule has 5 heteroatoms. The first-order valence-electron chi connectivity index (χ1n) is 6.17. The van der Waals surface area contributed by atoms with Gasteiger partial charge in [-0.25, -0.2) is 4.79 Å². The van der Waals surface area contributed by atoms with Crippen LogP contribution in [0.15, 0.2) is 0 Å². The van der Waals surface area contributed by atoms with E-state index in [9.17, 15) is 9.59 Å². The van der Waals surface area contributed by atoms with Crippen LogP contribution < -0.4 is 5.32 Å². The van der Waals surface area contributed by atoms with E-state index >= 15 is 0 Å². The van der Waals surface area contributed by atoms with E-state index in [-0.39, 0.29) is 24.5 Å². The number of nitrogens with zero attached hydrogens (tertiary/aromatic N) is 1. The van der Waals surface area contributed by atoms with E-state index in [0.29, 0.717) is 13.0 Å². The van der Waals surface area contributed by atoms with Crippen molar-refractivity contribution in [3.63, 3.8) is 0 Å². The number of rotatable bonds is 7. The van der Waals surface area contributed by atoms with Crippen LogP contribution in [0.3, 0.4) is 0 Å². The molecule has 0 bridgehead atoms. The Morgan fingerprint density at radius 1 is 1.29 bits per heavy atom. The van der Waals surface area contributed by atoms with E-state index in [4.69, 9.17) is 5.11 Å². The molecule has 0 fully saturated rings. The first-order valence-corrected chi connectivity index (χ1v) is 6.17.